The Morgan fingerprint density at radius 3 is 2.40 bits per heavy atom. The average molecular weight is 357 g/mol. The first-order valence-corrected chi connectivity index (χ1v) is 8.94. The standard InChI is InChI=1S/C19H23N3O2S/c1-14(2)15-6-3-4-7-16(15)20-19(25)22-11-9-21(10-12-22)18(23)17-8-5-13-24-17/h3-8,13-14H,9-12H2,1-2H3,(H,20,25). The van der Waals surface area contributed by atoms with Crippen LogP contribution in [0, 0.1) is 0 Å². The van der Waals surface area contributed by atoms with Gasteiger partial charge in [0, 0.05) is 31.9 Å². The number of nitrogens with zero attached hydrogens (tertiary/aromatic N) is 2. The van der Waals surface area contributed by atoms with Crippen LogP contribution in [0.5, 0.6) is 0 Å². The van der Waals surface area contributed by atoms with Gasteiger partial charge in [0.2, 0.25) is 0 Å². The Balaban J connectivity index is 1.58. The minimum Gasteiger partial charge on any atom is -0.459 e. The molecular formula is C19H23N3O2S. The maximum Gasteiger partial charge on any atom is 0.289 e. The molecule has 25 heavy (non-hydrogen) atoms. The number of rotatable bonds is 3. The first kappa shape index (κ1) is 17.5. The predicted molar refractivity (Wildman–Crippen MR) is 103 cm³/mol. The van der Waals surface area contributed by atoms with E-state index in [4.69, 9.17) is 16.6 Å². The van der Waals surface area contributed by atoms with E-state index in [1.54, 1.807) is 17.0 Å². The Hall–Kier alpha value is -2.34. The van der Waals surface area contributed by atoms with Crippen LogP contribution in [0.3, 0.4) is 0 Å². The number of nitrogens with one attached hydrogen (secondary N) is 1. The summed E-state index contributed by atoms with van der Waals surface area (Å²) >= 11 is 5.58. The summed E-state index contributed by atoms with van der Waals surface area (Å²) in [5.74, 6) is 0.753. The zero-order valence-corrected chi connectivity index (χ0v) is 15.4. The fourth-order valence-corrected chi connectivity index (χ4v) is 3.27. The van der Waals surface area contributed by atoms with Crippen LogP contribution in [0.2, 0.25) is 0 Å². The number of amides is 1. The van der Waals surface area contributed by atoms with E-state index in [-0.39, 0.29) is 5.91 Å². The number of para-hydroxylation sites is 1. The van der Waals surface area contributed by atoms with Gasteiger partial charge in [-0.15, -0.1) is 0 Å². The van der Waals surface area contributed by atoms with Crippen LogP contribution >= 0.6 is 12.2 Å². The molecule has 0 aliphatic carbocycles. The van der Waals surface area contributed by atoms with E-state index < -0.39 is 0 Å². The summed E-state index contributed by atoms with van der Waals surface area (Å²) in [6.07, 6.45) is 1.52. The van der Waals surface area contributed by atoms with Crippen LogP contribution in [0.1, 0.15) is 35.9 Å². The Morgan fingerprint density at radius 1 is 1.08 bits per heavy atom. The van der Waals surface area contributed by atoms with Crippen LogP contribution in [0.25, 0.3) is 0 Å². The van der Waals surface area contributed by atoms with Crippen LogP contribution in [0.15, 0.2) is 47.1 Å². The summed E-state index contributed by atoms with van der Waals surface area (Å²) < 4.78 is 5.19. The molecule has 1 aliphatic rings. The van der Waals surface area contributed by atoms with E-state index in [1.165, 1.54) is 11.8 Å². The molecule has 1 fully saturated rings. The molecule has 3 rings (SSSR count). The molecule has 0 spiro atoms. The number of benzene rings is 1. The van der Waals surface area contributed by atoms with Crippen molar-refractivity contribution in [3.05, 3.63) is 54.0 Å². The van der Waals surface area contributed by atoms with E-state index >= 15 is 0 Å². The van der Waals surface area contributed by atoms with Crippen molar-refractivity contribution in [2.75, 3.05) is 31.5 Å². The number of carbonyl (C=O) groups excluding carboxylic acids is 1. The third-order valence-corrected chi connectivity index (χ3v) is 4.77. The van der Waals surface area contributed by atoms with Crippen molar-refractivity contribution in [3.63, 3.8) is 0 Å². The SMILES string of the molecule is CC(C)c1ccccc1NC(=S)N1CCN(C(=O)c2ccco2)CC1. The van der Waals surface area contributed by atoms with Gasteiger partial charge in [0.25, 0.3) is 5.91 Å². The van der Waals surface area contributed by atoms with Gasteiger partial charge in [-0.2, -0.15) is 0 Å². The molecule has 1 aromatic heterocycles. The maximum atomic E-state index is 12.3. The van der Waals surface area contributed by atoms with Crippen molar-refractivity contribution in [2.24, 2.45) is 0 Å². The summed E-state index contributed by atoms with van der Waals surface area (Å²) in [5, 5.41) is 4.08. The molecule has 132 valence electrons. The lowest BCUT2D eigenvalue weighted by molar-refractivity contribution is 0.0661. The fraction of sp³-hybridized carbons (Fsp3) is 0.368. The van der Waals surface area contributed by atoms with Crippen LogP contribution in [-0.4, -0.2) is 47.0 Å². The number of anilines is 1. The van der Waals surface area contributed by atoms with Gasteiger partial charge >= 0.3 is 0 Å². The first-order valence-electron chi connectivity index (χ1n) is 8.54. The van der Waals surface area contributed by atoms with E-state index in [1.807, 2.05) is 12.1 Å². The van der Waals surface area contributed by atoms with Gasteiger partial charge in [-0.05, 0) is 41.9 Å². The summed E-state index contributed by atoms with van der Waals surface area (Å²) in [5.41, 5.74) is 2.30. The smallest absolute Gasteiger partial charge is 0.289 e. The van der Waals surface area contributed by atoms with Crippen molar-refractivity contribution in [1.82, 2.24) is 9.80 Å². The second kappa shape index (κ2) is 7.70. The number of furan rings is 1. The van der Waals surface area contributed by atoms with Crippen LogP contribution in [-0.2, 0) is 0 Å². The van der Waals surface area contributed by atoms with Crippen molar-refractivity contribution in [3.8, 4) is 0 Å². The molecule has 0 unspecified atom stereocenters. The second-order valence-electron chi connectivity index (χ2n) is 6.43. The van der Waals surface area contributed by atoms with Gasteiger partial charge in [0.1, 0.15) is 0 Å². The molecule has 1 N–H and O–H groups in total. The molecule has 1 amide bonds. The van der Waals surface area contributed by atoms with E-state index in [2.05, 4.69) is 36.2 Å². The topological polar surface area (TPSA) is 48.7 Å². The Labute approximate surface area is 153 Å². The van der Waals surface area contributed by atoms with Gasteiger partial charge in [-0.25, -0.2) is 0 Å². The second-order valence-corrected chi connectivity index (χ2v) is 6.82. The minimum atomic E-state index is -0.0614. The Bertz CT molecular complexity index is 735. The normalized spacial score (nSPS) is 14.7. The molecule has 2 aromatic rings. The highest BCUT2D eigenvalue weighted by Gasteiger charge is 2.25. The highest BCUT2D eigenvalue weighted by Crippen LogP contribution is 2.24. The van der Waals surface area contributed by atoms with Gasteiger partial charge < -0.3 is 19.5 Å². The monoisotopic (exact) mass is 357 g/mol. The summed E-state index contributed by atoms with van der Waals surface area (Å²) in [4.78, 5) is 16.2. The van der Waals surface area contributed by atoms with Crippen molar-refractivity contribution < 1.29 is 9.21 Å². The third-order valence-electron chi connectivity index (χ3n) is 4.41. The van der Waals surface area contributed by atoms with Crippen LogP contribution < -0.4 is 5.32 Å². The van der Waals surface area contributed by atoms with Crippen molar-refractivity contribution in [1.29, 1.82) is 0 Å². The van der Waals surface area contributed by atoms with E-state index in [9.17, 15) is 4.79 Å². The molecular weight excluding hydrogens is 334 g/mol. The molecule has 0 bridgehead atoms. The molecule has 1 aromatic carbocycles. The molecule has 0 saturated carbocycles. The molecule has 1 saturated heterocycles. The molecule has 0 radical (unpaired) electrons. The largest absolute Gasteiger partial charge is 0.459 e. The number of thiocarbonyl (C=S) groups is 1. The third kappa shape index (κ3) is 4.02. The van der Waals surface area contributed by atoms with Gasteiger partial charge in [0.15, 0.2) is 10.9 Å². The van der Waals surface area contributed by atoms with E-state index in [0.717, 1.165) is 5.69 Å². The summed E-state index contributed by atoms with van der Waals surface area (Å²) in [6.45, 7) is 7.02. The van der Waals surface area contributed by atoms with Crippen molar-refractivity contribution in [2.45, 2.75) is 19.8 Å². The van der Waals surface area contributed by atoms with Crippen molar-refractivity contribution >= 4 is 28.9 Å². The molecule has 0 atom stereocenters. The summed E-state index contributed by atoms with van der Waals surface area (Å²) in [7, 11) is 0. The van der Waals surface area contributed by atoms with Gasteiger partial charge in [-0.3, -0.25) is 4.79 Å². The Kier molecular flexibility index (Phi) is 5.38. The fourth-order valence-electron chi connectivity index (χ4n) is 2.98. The number of piperazine rings is 1. The molecule has 2 heterocycles. The van der Waals surface area contributed by atoms with Gasteiger partial charge in [0.05, 0.1) is 6.26 Å². The molecule has 6 heteroatoms. The summed E-state index contributed by atoms with van der Waals surface area (Å²) in [6, 6.07) is 11.7. The molecule has 1 aliphatic heterocycles. The maximum absolute atomic E-state index is 12.3. The van der Waals surface area contributed by atoms with E-state index in [0.29, 0.717) is 43.0 Å². The molecule has 5 nitrogen and oxygen atoms in total. The highest BCUT2D eigenvalue weighted by molar-refractivity contribution is 7.80. The van der Waals surface area contributed by atoms with Gasteiger partial charge in [-0.1, -0.05) is 32.0 Å². The highest BCUT2D eigenvalue weighted by atomic mass is 32.1. The quantitative estimate of drug-likeness (QED) is 0.851. The predicted octanol–water partition coefficient (Wildman–Crippen LogP) is 3.56. The minimum absolute atomic E-state index is 0.0614. The number of hydrogen-bond donors (Lipinski definition) is 1. The Morgan fingerprint density at radius 2 is 1.76 bits per heavy atom. The zero-order chi connectivity index (χ0) is 17.8. The first-order chi connectivity index (χ1) is 12.1. The lowest BCUT2D eigenvalue weighted by Crippen LogP contribution is -2.51. The lowest BCUT2D eigenvalue weighted by Gasteiger charge is -2.36. The van der Waals surface area contributed by atoms with Crippen LogP contribution in [0.4, 0.5) is 5.69 Å². The number of carbonyl (C=O) groups is 1. The average Bonchev–Trinajstić information content (AvgIpc) is 3.16. The number of hydrogen-bond acceptors (Lipinski definition) is 3. The lowest BCUT2D eigenvalue weighted by atomic mass is 10.0. The zero-order valence-electron chi connectivity index (χ0n) is 14.6.